The standard InChI is InChI=1S/C22H23NO3/c1-15(17-11-10-16-6-3-4-7-18(16)12-17)22(25)23-14-21(24)19-8-5-9-20(13-19)26-2/h3-13,15,21,24H,14H2,1-2H3,(H,23,25). The van der Waals surface area contributed by atoms with E-state index in [0.717, 1.165) is 16.3 Å². The number of ether oxygens (including phenoxy) is 1. The van der Waals surface area contributed by atoms with Gasteiger partial charge < -0.3 is 15.2 Å². The van der Waals surface area contributed by atoms with E-state index in [9.17, 15) is 9.90 Å². The number of carbonyl (C=O) groups excluding carboxylic acids is 1. The van der Waals surface area contributed by atoms with Gasteiger partial charge in [0.15, 0.2) is 0 Å². The van der Waals surface area contributed by atoms with Crippen molar-refractivity contribution in [3.63, 3.8) is 0 Å². The highest BCUT2D eigenvalue weighted by Crippen LogP contribution is 2.22. The molecule has 0 bridgehead atoms. The first-order chi connectivity index (χ1) is 12.6. The molecule has 3 aromatic rings. The molecule has 26 heavy (non-hydrogen) atoms. The Labute approximate surface area is 153 Å². The van der Waals surface area contributed by atoms with E-state index in [1.54, 1.807) is 13.2 Å². The number of hydrogen-bond acceptors (Lipinski definition) is 3. The minimum absolute atomic E-state index is 0.109. The zero-order valence-corrected chi connectivity index (χ0v) is 15.0. The highest BCUT2D eigenvalue weighted by atomic mass is 16.5. The molecule has 0 aromatic heterocycles. The smallest absolute Gasteiger partial charge is 0.227 e. The second kappa shape index (κ2) is 8.02. The van der Waals surface area contributed by atoms with Crippen molar-refractivity contribution in [2.24, 2.45) is 0 Å². The Morgan fingerprint density at radius 1 is 1.00 bits per heavy atom. The first kappa shape index (κ1) is 18.0. The molecule has 3 rings (SSSR count). The highest BCUT2D eigenvalue weighted by molar-refractivity contribution is 5.87. The molecule has 134 valence electrons. The van der Waals surface area contributed by atoms with Crippen LogP contribution in [0.15, 0.2) is 66.7 Å². The summed E-state index contributed by atoms with van der Waals surface area (Å²) in [7, 11) is 1.58. The van der Waals surface area contributed by atoms with E-state index in [0.29, 0.717) is 11.3 Å². The Bertz CT molecular complexity index is 907. The second-order valence-corrected chi connectivity index (χ2v) is 6.37. The number of aliphatic hydroxyl groups excluding tert-OH is 1. The molecule has 1 amide bonds. The molecule has 0 saturated heterocycles. The molecule has 4 heteroatoms. The van der Waals surface area contributed by atoms with Gasteiger partial charge in [-0.25, -0.2) is 0 Å². The van der Waals surface area contributed by atoms with Crippen LogP contribution in [0.3, 0.4) is 0 Å². The fraction of sp³-hybridized carbons (Fsp3) is 0.227. The maximum absolute atomic E-state index is 12.5. The molecular formula is C22H23NO3. The van der Waals surface area contributed by atoms with Crippen molar-refractivity contribution < 1.29 is 14.6 Å². The van der Waals surface area contributed by atoms with Gasteiger partial charge in [-0.15, -0.1) is 0 Å². The number of amides is 1. The number of aliphatic hydroxyl groups is 1. The van der Waals surface area contributed by atoms with E-state index in [1.807, 2.05) is 67.6 Å². The quantitative estimate of drug-likeness (QED) is 0.712. The molecule has 3 aromatic carbocycles. The molecule has 2 N–H and O–H groups in total. The van der Waals surface area contributed by atoms with Crippen molar-refractivity contribution in [2.45, 2.75) is 18.9 Å². The number of fused-ring (bicyclic) bond motifs is 1. The fourth-order valence-corrected chi connectivity index (χ4v) is 2.95. The first-order valence-corrected chi connectivity index (χ1v) is 8.67. The third kappa shape index (κ3) is 4.03. The molecule has 0 heterocycles. The molecule has 0 saturated carbocycles. The average molecular weight is 349 g/mol. The maximum Gasteiger partial charge on any atom is 0.227 e. The molecular weight excluding hydrogens is 326 g/mol. The van der Waals surface area contributed by atoms with Crippen LogP contribution in [0, 0.1) is 0 Å². The third-order valence-electron chi connectivity index (χ3n) is 4.62. The minimum Gasteiger partial charge on any atom is -0.497 e. The Morgan fingerprint density at radius 3 is 2.54 bits per heavy atom. The molecule has 2 unspecified atom stereocenters. The van der Waals surface area contributed by atoms with Crippen LogP contribution in [-0.4, -0.2) is 24.7 Å². The maximum atomic E-state index is 12.5. The van der Waals surface area contributed by atoms with Crippen LogP contribution >= 0.6 is 0 Å². The topological polar surface area (TPSA) is 58.6 Å². The Morgan fingerprint density at radius 2 is 1.77 bits per heavy atom. The molecule has 2 atom stereocenters. The lowest BCUT2D eigenvalue weighted by atomic mass is 9.97. The number of benzene rings is 3. The van der Waals surface area contributed by atoms with E-state index in [1.165, 1.54) is 0 Å². The van der Waals surface area contributed by atoms with Gasteiger partial charge in [0, 0.05) is 6.54 Å². The first-order valence-electron chi connectivity index (χ1n) is 8.67. The summed E-state index contributed by atoms with van der Waals surface area (Å²) in [6, 6.07) is 21.3. The Kier molecular flexibility index (Phi) is 5.54. The van der Waals surface area contributed by atoms with Gasteiger partial charge in [-0.05, 0) is 41.0 Å². The van der Waals surface area contributed by atoms with E-state index < -0.39 is 6.10 Å². The SMILES string of the molecule is COc1cccc(C(O)CNC(=O)C(C)c2ccc3ccccc3c2)c1. The molecule has 4 nitrogen and oxygen atoms in total. The molecule has 0 fully saturated rings. The lowest BCUT2D eigenvalue weighted by Crippen LogP contribution is -2.31. The summed E-state index contributed by atoms with van der Waals surface area (Å²) >= 11 is 0. The van der Waals surface area contributed by atoms with Crippen molar-refractivity contribution in [1.82, 2.24) is 5.32 Å². The van der Waals surface area contributed by atoms with Crippen LogP contribution in [0.1, 0.15) is 30.1 Å². The third-order valence-corrected chi connectivity index (χ3v) is 4.62. The zero-order chi connectivity index (χ0) is 18.5. The molecule has 0 spiro atoms. The van der Waals surface area contributed by atoms with Crippen molar-refractivity contribution >= 4 is 16.7 Å². The largest absolute Gasteiger partial charge is 0.497 e. The zero-order valence-electron chi connectivity index (χ0n) is 15.0. The number of rotatable bonds is 6. The summed E-state index contributed by atoms with van der Waals surface area (Å²) in [5.74, 6) is 0.275. The van der Waals surface area contributed by atoms with Gasteiger partial charge in [0.25, 0.3) is 0 Å². The molecule has 0 aliphatic carbocycles. The molecule has 0 aliphatic heterocycles. The van der Waals surface area contributed by atoms with Crippen LogP contribution < -0.4 is 10.1 Å². The Balaban J connectivity index is 1.64. The van der Waals surface area contributed by atoms with E-state index >= 15 is 0 Å². The normalized spacial score (nSPS) is 13.2. The van der Waals surface area contributed by atoms with Crippen molar-refractivity contribution in [2.75, 3.05) is 13.7 Å². The van der Waals surface area contributed by atoms with E-state index in [2.05, 4.69) is 5.32 Å². The number of methoxy groups -OCH3 is 1. The van der Waals surface area contributed by atoms with E-state index in [-0.39, 0.29) is 18.4 Å². The second-order valence-electron chi connectivity index (χ2n) is 6.37. The molecule has 0 aliphatic rings. The van der Waals surface area contributed by atoms with Gasteiger partial charge >= 0.3 is 0 Å². The van der Waals surface area contributed by atoms with E-state index in [4.69, 9.17) is 4.74 Å². The predicted molar refractivity (Wildman–Crippen MR) is 103 cm³/mol. The summed E-state index contributed by atoms with van der Waals surface area (Å²) in [5.41, 5.74) is 1.67. The van der Waals surface area contributed by atoms with Gasteiger partial charge in [-0.3, -0.25) is 4.79 Å². The lowest BCUT2D eigenvalue weighted by molar-refractivity contribution is -0.122. The van der Waals surface area contributed by atoms with Crippen LogP contribution in [0.4, 0.5) is 0 Å². The van der Waals surface area contributed by atoms with Crippen LogP contribution in [0.5, 0.6) is 5.75 Å². The van der Waals surface area contributed by atoms with Gasteiger partial charge in [0.1, 0.15) is 5.75 Å². The Hall–Kier alpha value is -2.85. The van der Waals surface area contributed by atoms with Gasteiger partial charge in [-0.1, -0.05) is 54.6 Å². The van der Waals surface area contributed by atoms with Gasteiger partial charge in [0.2, 0.25) is 5.91 Å². The van der Waals surface area contributed by atoms with Crippen LogP contribution in [-0.2, 0) is 4.79 Å². The summed E-state index contributed by atoms with van der Waals surface area (Å²) in [5, 5.41) is 15.4. The summed E-state index contributed by atoms with van der Waals surface area (Å²) in [6.45, 7) is 2.03. The van der Waals surface area contributed by atoms with Gasteiger partial charge in [0.05, 0.1) is 19.1 Å². The summed E-state index contributed by atoms with van der Waals surface area (Å²) in [4.78, 5) is 12.5. The van der Waals surface area contributed by atoms with Crippen molar-refractivity contribution in [3.05, 3.63) is 77.9 Å². The van der Waals surface area contributed by atoms with Crippen molar-refractivity contribution in [1.29, 1.82) is 0 Å². The molecule has 0 radical (unpaired) electrons. The number of carbonyl (C=O) groups is 1. The van der Waals surface area contributed by atoms with Crippen LogP contribution in [0.2, 0.25) is 0 Å². The predicted octanol–water partition coefficient (Wildman–Crippen LogP) is 3.80. The monoisotopic (exact) mass is 349 g/mol. The number of hydrogen-bond donors (Lipinski definition) is 2. The van der Waals surface area contributed by atoms with Crippen molar-refractivity contribution in [3.8, 4) is 5.75 Å². The fourth-order valence-electron chi connectivity index (χ4n) is 2.95. The van der Waals surface area contributed by atoms with Gasteiger partial charge in [-0.2, -0.15) is 0 Å². The highest BCUT2D eigenvalue weighted by Gasteiger charge is 2.17. The average Bonchev–Trinajstić information content (AvgIpc) is 2.70. The summed E-state index contributed by atoms with van der Waals surface area (Å²) in [6.07, 6.45) is -0.780. The lowest BCUT2D eigenvalue weighted by Gasteiger charge is -2.16. The van der Waals surface area contributed by atoms with Crippen LogP contribution in [0.25, 0.3) is 10.8 Å². The minimum atomic E-state index is -0.780. The summed E-state index contributed by atoms with van der Waals surface area (Å²) < 4.78 is 5.16. The number of nitrogens with one attached hydrogen (secondary N) is 1.